The second-order valence-corrected chi connectivity index (χ2v) is 12.7. The maximum atomic E-state index is 11.5. The van der Waals surface area contributed by atoms with Crippen molar-refractivity contribution in [2.45, 2.75) is 102 Å². The van der Waals surface area contributed by atoms with Gasteiger partial charge in [0.05, 0.1) is 12.4 Å². The van der Waals surface area contributed by atoms with Crippen LogP contribution in [0, 0.1) is 28.6 Å². The van der Waals surface area contributed by atoms with Gasteiger partial charge in [-0.1, -0.05) is 13.8 Å². The van der Waals surface area contributed by atoms with Gasteiger partial charge in [-0.15, -0.1) is 0 Å². The summed E-state index contributed by atoms with van der Waals surface area (Å²) in [7, 11) is 0. The molecule has 0 bridgehead atoms. The van der Waals surface area contributed by atoms with Crippen molar-refractivity contribution in [1.29, 1.82) is 0 Å². The first-order valence-corrected chi connectivity index (χ1v) is 13.5. The van der Waals surface area contributed by atoms with Crippen LogP contribution in [-0.2, 0) is 4.74 Å². The van der Waals surface area contributed by atoms with E-state index in [1.807, 2.05) is 6.07 Å². The zero-order chi connectivity index (χ0) is 21.7. The van der Waals surface area contributed by atoms with Gasteiger partial charge in [0.2, 0.25) is 0 Å². The summed E-state index contributed by atoms with van der Waals surface area (Å²) in [5.41, 5.74) is 1.73. The molecule has 9 atom stereocenters. The molecule has 0 N–H and O–H groups in total. The van der Waals surface area contributed by atoms with Gasteiger partial charge in [0.1, 0.15) is 5.60 Å². The van der Waals surface area contributed by atoms with Gasteiger partial charge in [-0.25, -0.2) is 4.79 Å². The summed E-state index contributed by atoms with van der Waals surface area (Å²) in [5.74, 6) is 2.91. The number of hydrogen-bond donors (Lipinski definition) is 0. The van der Waals surface area contributed by atoms with Gasteiger partial charge in [-0.3, -0.25) is 0 Å². The molecule has 4 nitrogen and oxygen atoms in total. The fourth-order valence-corrected chi connectivity index (χ4v) is 10.2. The summed E-state index contributed by atoms with van der Waals surface area (Å²) < 4.78 is 12.0. The monoisotopic (exact) mass is 437 g/mol. The van der Waals surface area contributed by atoms with E-state index in [4.69, 9.17) is 9.15 Å². The summed E-state index contributed by atoms with van der Waals surface area (Å²) in [6, 6.07) is 4.48. The number of hydrogen-bond acceptors (Lipinski definition) is 4. The van der Waals surface area contributed by atoms with E-state index in [1.54, 1.807) is 12.3 Å². The molecular formula is C28H39NO3. The maximum Gasteiger partial charge on any atom is 0.335 e. The van der Waals surface area contributed by atoms with E-state index in [0.29, 0.717) is 17.4 Å². The molecule has 32 heavy (non-hydrogen) atoms. The highest BCUT2D eigenvalue weighted by molar-refractivity contribution is 5.35. The van der Waals surface area contributed by atoms with Crippen LogP contribution in [0.25, 0.3) is 0 Å². The van der Waals surface area contributed by atoms with Crippen molar-refractivity contribution in [3.8, 4) is 0 Å². The highest BCUT2D eigenvalue weighted by atomic mass is 16.6. The fourth-order valence-electron chi connectivity index (χ4n) is 10.2. The third-order valence-electron chi connectivity index (χ3n) is 11.8. The Morgan fingerprint density at radius 2 is 1.81 bits per heavy atom. The molecule has 1 aromatic heterocycles. The van der Waals surface area contributed by atoms with Gasteiger partial charge < -0.3 is 14.1 Å². The Kier molecular flexibility index (Phi) is 4.25. The van der Waals surface area contributed by atoms with Gasteiger partial charge in [-0.2, -0.15) is 0 Å². The zero-order valence-electron chi connectivity index (χ0n) is 19.9. The Balaban J connectivity index is 1.16. The van der Waals surface area contributed by atoms with Gasteiger partial charge in [0.15, 0.2) is 0 Å². The summed E-state index contributed by atoms with van der Waals surface area (Å²) >= 11 is 0. The molecule has 1 unspecified atom stereocenters. The van der Waals surface area contributed by atoms with E-state index in [9.17, 15) is 4.79 Å². The largest absolute Gasteiger partial charge is 0.431 e. The lowest BCUT2D eigenvalue weighted by molar-refractivity contribution is -0.134. The summed E-state index contributed by atoms with van der Waals surface area (Å²) in [6.45, 7) is 7.87. The summed E-state index contributed by atoms with van der Waals surface area (Å²) in [5, 5.41) is 0. The van der Waals surface area contributed by atoms with Gasteiger partial charge in [0, 0.05) is 17.5 Å². The molecule has 6 fully saturated rings. The molecule has 7 rings (SSSR count). The first-order valence-electron chi connectivity index (χ1n) is 13.5. The van der Waals surface area contributed by atoms with Crippen molar-refractivity contribution in [1.82, 2.24) is 4.90 Å². The second-order valence-electron chi connectivity index (χ2n) is 12.7. The second kappa shape index (κ2) is 6.72. The van der Waals surface area contributed by atoms with Crippen molar-refractivity contribution in [2.75, 3.05) is 13.1 Å². The normalized spacial score (nSPS) is 52.1. The molecule has 2 aliphatic heterocycles. The SMILES string of the molecule is C[C@]12CCC(N3CCCC3)C[C@H]1CC[C@@H]1[C@@H]2CC[C@]2(C)[C@@H](c3ccc(=O)oc3)C[C@H]3O[C@]132. The van der Waals surface area contributed by atoms with Crippen LogP contribution in [0.3, 0.4) is 0 Å². The van der Waals surface area contributed by atoms with E-state index in [2.05, 4.69) is 18.7 Å². The quantitative estimate of drug-likeness (QED) is 0.584. The average molecular weight is 438 g/mol. The molecule has 4 heteroatoms. The average Bonchev–Trinajstić information content (AvgIpc) is 3.14. The van der Waals surface area contributed by atoms with Crippen LogP contribution in [0.15, 0.2) is 27.6 Å². The lowest BCUT2D eigenvalue weighted by Crippen LogP contribution is -2.59. The van der Waals surface area contributed by atoms with E-state index >= 15 is 0 Å². The highest BCUT2D eigenvalue weighted by Crippen LogP contribution is 2.78. The molecule has 0 aromatic carbocycles. The number of fused-ring (bicyclic) bond motifs is 3. The summed E-state index contributed by atoms with van der Waals surface area (Å²) in [6.07, 6.45) is 15.7. The Hall–Kier alpha value is -1.13. The third kappa shape index (κ3) is 2.49. The first kappa shape index (κ1) is 20.3. The number of nitrogens with zero attached hydrogens (tertiary/aromatic N) is 1. The minimum absolute atomic E-state index is 0.0799. The number of rotatable bonds is 2. The number of epoxide rings is 1. The lowest BCUT2D eigenvalue weighted by Gasteiger charge is -2.61. The fraction of sp³-hybridized carbons (Fsp3) is 0.821. The van der Waals surface area contributed by atoms with Gasteiger partial charge in [-0.05, 0) is 118 Å². The molecule has 174 valence electrons. The van der Waals surface area contributed by atoms with E-state index in [1.165, 1.54) is 76.4 Å². The van der Waals surface area contributed by atoms with Crippen LogP contribution in [0.5, 0.6) is 0 Å². The van der Waals surface area contributed by atoms with Crippen LogP contribution in [0.1, 0.15) is 89.5 Å². The standard InChI is InChI=1S/C28H39NO3/c1-26-11-9-20(29-13-3-4-14-29)15-19(26)6-7-22-21(26)10-12-27(2)23(16-24-28(22,27)32-24)18-5-8-25(30)31-17-18/h5,8,17,19-24H,3-4,6-7,9-16H2,1-2H3/t19-,20?,21+,22-,23-,24-,26+,27-,28-/m1/s1. The molecular weight excluding hydrogens is 398 g/mol. The Morgan fingerprint density at radius 3 is 2.59 bits per heavy atom. The minimum Gasteiger partial charge on any atom is -0.431 e. The van der Waals surface area contributed by atoms with Crippen molar-refractivity contribution >= 4 is 0 Å². The van der Waals surface area contributed by atoms with Crippen LogP contribution < -0.4 is 5.63 Å². The molecule has 4 saturated carbocycles. The first-order chi connectivity index (χ1) is 15.5. The van der Waals surface area contributed by atoms with E-state index < -0.39 is 0 Å². The van der Waals surface area contributed by atoms with E-state index in [0.717, 1.165) is 30.2 Å². The van der Waals surface area contributed by atoms with Gasteiger partial charge in [0.25, 0.3) is 0 Å². The van der Waals surface area contributed by atoms with Crippen molar-refractivity contribution < 1.29 is 9.15 Å². The minimum atomic E-state index is -0.243. The topological polar surface area (TPSA) is 46.0 Å². The van der Waals surface area contributed by atoms with Crippen molar-refractivity contribution in [2.24, 2.45) is 28.6 Å². The third-order valence-corrected chi connectivity index (χ3v) is 11.8. The van der Waals surface area contributed by atoms with Crippen LogP contribution in [0.2, 0.25) is 0 Å². The molecule has 2 saturated heterocycles. The Bertz CT molecular complexity index is 947. The molecule has 0 amide bonds. The van der Waals surface area contributed by atoms with Crippen molar-refractivity contribution in [3.63, 3.8) is 0 Å². The van der Waals surface area contributed by atoms with Crippen LogP contribution in [-0.4, -0.2) is 35.7 Å². The van der Waals surface area contributed by atoms with Crippen LogP contribution in [0.4, 0.5) is 0 Å². The molecule has 3 heterocycles. The summed E-state index contributed by atoms with van der Waals surface area (Å²) in [4.78, 5) is 14.4. The molecule has 0 radical (unpaired) electrons. The molecule has 6 aliphatic rings. The molecule has 4 aliphatic carbocycles. The maximum absolute atomic E-state index is 11.5. The lowest BCUT2D eigenvalue weighted by atomic mass is 9.44. The Morgan fingerprint density at radius 1 is 0.969 bits per heavy atom. The highest BCUT2D eigenvalue weighted by Gasteiger charge is 2.80. The molecule has 1 aromatic rings. The molecule has 1 spiro atoms. The smallest absolute Gasteiger partial charge is 0.335 e. The predicted octanol–water partition coefficient (Wildman–Crippen LogP) is 5.36. The van der Waals surface area contributed by atoms with E-state index in [-0.39, 0.29) is 16.6 Å². The zero-order valence-corrected chi connectivity index (χ0v) is 19.9. The predicted molar refractivity (Wildman–Crippen MR) is 124 cm³/mol. The van der Waals surface area contributed by atoms with Gasteiger partial charge >= 0.3 is 5.63 Å². The van der Waals surface area contributed by atoms with Crippen LogP contribution >= 0.6 is 0 Å². The number of likely N-dealkylation sites (tertiary alicyclic amines) is 1. The number of ether oxygens (including phenoxy) is 1. The Labute approximate surface area is 192 Å². The van der Waals surface area contributed by atoms with Crippen molar-refractivity contribution in [3.05, 3.63) is 34.4 Å².